The van der Waals surface area contributed by atoms with Gasteiger partial charge in [0.1, 0.15) is 0 Å². The van der Waals surface area contributed by atoms with E-state index in [1.165, 1.54) is 6.92 Å². The Hall–Kier alpha value is -3.15. The van der Waals surface area contributed by atoms with Crippen molar-refractivity contribution in [2.45, 2.75) is 6.92 Å². The Balaban J connectivity index is 2.34. The van der Waals surface area contributed by atoms with Crippen LogP contribution < -0.4 is 11.5 Å². The van der Waals surface area contributed by atoms with Crippen LogP contribution in [0, 0.1) is 0 Å². The molecule has 0 unspecified atom stereocenters. The van der Waals surface area contributed by atoms with Crippen LogP contribution in [0.1, 0.15) is 22.1 Å². The van der Waals surface area contributed by atoms with Crippen molar-refractivity contribution in [1.82, 2.24) is 4.57 Å². The zero-order chi connectivity index (χ0) is 15.9. The van der Waals surface area contributed by atoms with Crippen molar-refractivity contribution in [3.63, 3.8) is 0 Å². The molecule has 6 nitrogen and oxygen atoms in total. The summed E-state index contributed by atoms with van der Waals surface area (Å²) in [6, 6.07) is 12.7. The first kappa shape index (κ1) is 13.8. The van der Waals surface area contributed by atoms with Crippen molar-refractivity contribution < 1.29 is 9.59 Å². The molecule has 0 spiro atoms. The number of aliphatic imine (C=N–C) groups is 1. The molecule has 0 aliphatic carbocycles. The van der Waals surface area contributed by atoms with Gasteiger partial charge in [0.25, 0.3) is 5.91 Å². The van der Waals surface area contributed by atoms with Crippen LogP contribution in [0.15, 0.2) is 47.5 Å². The van der Waals surface area contributed by atoms with Crippen LogP contribution in [0.2, 0.25) is 0 Å². The highest BCUT2D eigenvalue weighted by Gasteiger charge is 2.15. The maximum Gasteiger partial charge on any atom is 0.280 e. The maximum absolute atomic E-state index is 12.0. The van der Waals surface area contributed by atoms with Crippen molar-refractivity contribution in [3.8, 4) is 0 Å². The summed E-state index contributed by atoms with van der Waals surface area (Å²) in [6.07, 6.45) is 0. The van der Waals surface area contributed by atoms with Crippen LogP contribution >= 0.6 is 0 Å². The lowest BCUT2D eigenvalue weighted by Gasteiger charge is -2.02. The highest BCUT2D eigenvalue weighted by atomic mass is 16.2. The van der Waals surface area contributed by atoms with E-state index in [1.807, 2.05) is 24.3 Å². The van der Waals surface area contributed by atoms with Crippen LogP contribution in [0.3, 0.4) is 0 Å². The summed E-state index contributed by atoms with van der Waals surface area (Å²) >= 11 is 0. The van der Waals surface area contributed by atoms with E-state index in [2.05, 4.69) is 4.99 Å². The Labute approximate surface area is 126 Å². The number of hydrogen-bond donors (Lipinski definition) is 2. The summed E-state index contributed by atoms with van der Waals surface area (Å²) in [5.41, 5.74) is 12.2. The van der Waals surface area contributed by atoms with Gasteiger partial charge in [-0.15, -0.1) is 0 Å². The van der Waals surface area contributed by atoms with Crippen LogP contribution in [-0.2, 0) is 0 Å². The number of benzene rings is 2. The molecule has 1 heterocycles. The maximum atomic E-state index is 12.0. The molecule has 3 rings (SSSR count). The van der Waals surface area contributed by atoms with Gasteiger partial charge in [-0.3, -0.25) is 14.2 Å². The molecule has 0 aliphatic rings. The SMILES string of the molecule is CC(=O)n1c2ccccc2c2ccc(C(=O)N=C(N)N)cc21. The van der Waals surface area contributed by atoms with Gasteiger partial charge in [-0.25, -0.2) is 0 Å². The van der Waals surface area contributed by atoms with Gasteiger partial charge in [-0.1, -0.05) is 24.3 Å². The summed E-state index contributed by atoms with van der Waals surface area (Å²) in [5, 5.41) is 1.85. The van der Waals surface area contributed by atoms with Crippen molar-refractivity contribution in [2.75, 3.05) is 0 Å². The molecule has 1 amide bonds. The number of amides is 1. The van der Waals surface area contributed by atoms with E-state index in [4.69, 9.17) is 11.5 Å². The fraction of sp³-hybridized carbons (Fsp3) is 0.0625. The summed E-state index contributed by atoms with van der Waals surface area (Å²) < 4.78 is 1.58. The predicted octanol–water partition coefficient (Wildman–Crippen LogP) is 1.87. The van der Waals surface area contributed by atoms with Crippen molar-refractivity contribution in [3.05, 3.63) is 48.0 Å². The summed E-state index contributed by atoms with van der Waals surface area (Å²) in [5.74, 6) is -0.961. The number of carbonyl (C=O) groups excluding carboxylic acids is 2. The minimum atomic E-state index is -0.540. The lowest BCUT2D eigenvalue weighted by Crippen LogP contribution is -2.24. The normalized spacial score (nSPS) is 10.8. The quantitative estimate of drug-likeness (QED) is 0.528. The Morgan fingerprint density at radius 1 is 1.00 bits per heavy atom. The third kappa shape index (κ3) is 2.10. The minimum absolute atomic E-state index is 0.127. The molecule has 0 bridgehead atoms. The molecule has 6 heteroatoms. The molecular formula is C16H14N4O2. The van der Waals surface area contributed by atoms with Gasteiger partial charge in [0, 0.05) is 23.3 Å². The number of carbonyl (C=O) groups is 2. The molecule has 1 aromatic heterocycles. The second kappa shape index (κ2) is 5.00. The number of fused-ring (bicyclic) bond motifs is 3. The largest absolute Gasteiger partial charge is 0.370 e. The van der Waals surface area contributed by atoms with Crippen LogP contribution in [0.25, 0.3) is 21.8 Å². The van der Waals surface area contributed by atoms with Crippen LogP contribution in [-0.4, -0.2) is 22.3 Å². The van der Waals surface area contributed by atoms with Crippen LogP contribution in [0.4, 0.5) is 0 Å². The zero-order valence-electron chi connectivity index (χ0n) is 11.9. The standard InChI is InChI=1S/C16H14N4O2/c1-9(21)20-13-5-3-2-4-11(13)12-7-6-10(8-14(12)20)15(22)19-16(17)18/h2-8H,1H3,(H4,17,18,19,22). The first-order valence-electron chi connectivity index (χ1n) is 6.67. The Morgan fingerprint density at radius 2 is 1.68 bits per heavy atom. The lowest BCUT2D eigenvalue weighted by atomic mass is 10.1. The molecule has 3 aromatic rings. The number of aromatic nitrogens is 1. The van der Waals surface area contributed by atoms with Gasteiger partial charge in [0.15, 0.2) is 5.96 Å². The Kier molecular flexibility index (Phi) is 3.14. The second-order valence-corrected chi connectivity index (χ2v) is 4.95. The number of para-hydroxylation sites is 1. The topological polar surface area (TPSA) is 103 Å². The molecule has 110 valence electrons. The summed E-state index contributed by atoms with van der Waals surface area (Å²) in [7, 11) is 0. The molecule has 22 heavy (non-hydrogen) atoms. The highest BCUT2D eigenvalue weighted by molar-refractivity contribution is 6.15. The molecule has 0 saturated carbocycles. The second-order valence-electron chi connectivity index (χ2n) is 4.95. The molecule has 0 aliphatic heterocycles. The van der Waals surface area contributed by atoms with Gasteiger partial charge in [-0.2, -0.15) is 4.99 Å². The van der Waals surface area contributed by atoms with Gasteiger partial charge in [0.05, 0.1) is 11.0 Å². The number of rotatable bonds is 1. The van der Waals surface area contributed by atoms with Crippen molar-refractivity contribution in [1.29, 1.82) is 0 Å². The van der Waals surface area contributed by atoms with E-state index in [0.717, 1.165) is 16.3 Å². The molecule has 2 aromatic carbocycles. The van der Waals surface area contributed by atoms with E-state index in [0.29, 0.717) is 11.1 Å². The molecule has 0 saturated heterocycles. The first-order chi connectivity index (χ1) is 10.5. The smallest absolute Gasteiger partial charge is 0.280 e. The van der Waals surface area contributed by atoms with E-state index >= 15 is 0 Å². The fourth-order valence-electron chi connectivity index (χ4n) is 2.62. The number of nitrogens with two attached hydrogens (primary N) is 2. The summed E-state index contributed by atoms with van der Waals surface area (Å²) in [6.45, 7) is 1.48. The third-order valence-electron chi connectivity index (χ3n) is 3.47. The van der Waals surface area contributed by atoms with Gasteiger partial charge in [-0.05, 0) is 18.2 Å². The van der Waals surface area contributed by atoms with Crippen molar-refractivity contribution >= 4 is 39.6 Å². The van der Waals surface area contributed by atoms with Gasteiger partial charge >= 0.3 is 0 Å². The predicted molar refractivity (Wildman–Crippen MR) is 85.9 cm³/mol. The fourth-order valence-corrected chi connectivity index (χ4v) is 2.62. The Bertz CT molecular complexity index is 949. The average Bonchev–Trinajstić information content (AvgIpc) is 2.80. The zero-order valence-corrected chi connectivity index (χ0v) is 11.9. The van der Waals surface area contributed by atoms with Crippen molar-refractivity contribution in [2.24, 2.45) is 16.5 Å². The monoisotopic (exact) mass is 294 g/mol. The molecular weight excluding hydrogens is 280 g/mol. The van der Waals surface area contributed by atoms with E-state index in [-0.39, 0.29) is 11.9 Å². The van der Waals surface area contributed by atoms with E-state index < -0.39 is 5.91 Å². The molecule has 0 atom stereocenters. The third-order valence-corrected chi connectivity index (χ3v) is 3.47. The summed E-state index contributed by atoms with van der Waals surface area (Å²) in [4.78, 5) is 27.5. The first-order valence-corrected chi connectivity index (χ1v) is 6.67. The highest BCUT2D eigenvalue weighted by Crippen LogP contribution is 2.29. The lowest BCUT2D eigenvalue weighted by molar-refractivity contribution is 0.0944. The van der Waals surface area contributed by atoms with E-state index in [9.17, 15) is 9.59 Å². The number of guanidine groups is 1. The molecule has 0 radical (unpaired) electrons. The van der Waals surface area contributed by atoms with Gasteiger partial charge in [0.2, 0.25) is 5.91 Å². The number of nitrogens with zero attached hydrogens (tertiary/aromatic N) is 2. The van der Waals surface area contributed by atoms with E-state index in [1.54, 1.807) is 22.8 Å². The number of hydrogen-bond acceptors (Lipinski definition) is 2. The van der Waals surface area contributed by atoms with Crippen LogP contribution in [0.5, 0.6) is 0 Å². The molecule has 4 N–H and O–H groups in total. The Morgan fingerprint density at radius 3 is 2.36 bits per heavy atom. The van der Waals surface area contributed by atoms with Gasteiger partial charge < -0.3 is 11.5 Å². The molecule has 0 fully saturated rings. The minimum Gasteiger partial charge on any atom is -0.370 e. The average molecular weight is 294 g/mol.